The molecule has 3 atom stereocenters. The summed E-state index contributed by atoms with van der Waals surface area (Å²) in [6.45, 7) is 0.501. The van der Waals surface area contributed by atoms with E-state index in [4.69, 9.17) is 5.11 Å². The van der Waals surface area contributed by atoms with Crippen LogP contribution >= 0.6 is 0 Å². The fourth-order valence-electron chi connectivity index (χ4n) is 3.68. The molecule has 2 fully saturated rings. The maximum atomic E-state index is 13.9. The number of rotatable bonds is 5. The molecule has 1 saturated carbocycles. The Kier molecular flexibility index (Phi) is 5.43. The van der Waals surface area contributed by atoms with Crippen LogP contribution in [0.3, 0.4) is 0 Å². The zero-order chi connectivity index (χ0) is 19.7. The molecule has 1 heterocycles. The molecule has 1 aliphatic heterocycles. The first kappa shape index (κ1) is 19.3. The van der Waals surface area contributed by atoms with Crippen molar-refractivity contribution in [3.05, 3.63) is 35.4 Å². The first-order valence-corrected chi connectivity index (χ1v) is 8.98. The molecular formula is C19H22F2N2O4. The Morgan fingerprint density at radius 2 is 2.04 bits per heavy atom. The molecule has 6 nitrogen and oxygen atoms in total. The van der Waals surface area contributed by atoms with E-state index in [-0.39, 0.29) is 30.8 Å². The molecule has 0 radical (unpaired) electrons. The number of carbonyl (C=O) groups excluding carboxylic acids is 2. The van der Waals surface area contributed by atoms with Crippen molar-refractivity contribution < 1.29 is 28.3 Å². The standard InChI is InChI=1S/C19H22F2N2O4/c1-22(10-17(24)23-6-2-3-11(9-23)19(26)27)18(25)15-8-14(15)13-5-4-12(20)7-16(13)21/h4-5,7,11,14-15H,2-3,6,8-10H2,1H3,(H,26,27). The molecule has 1 saturated heterocycles. The van der Waals surface area contributed by atoms with E-state index in [1.54, 1.807) is 0 Å². The van der Waals surface area contributed by atoms with E-state index in [1.165, 1.54) is 29.0 Å². The van der Waals surface area contributed by atoms with E-state index in [0.29, 0.717) is 31.4 Å². The number of piperidine rings is 1. The van der Waals surface area contributed by atoms with Crippen LogP contribution in [0.4, 0.5) is 8.78 Å². The van der Waals surface area contributed by atoms with Crippen LogP contribution in [0.25, 0.3) is 0 Å². The van der Waals surface area contributed by atoms with Gasteiger partial charge in [0.15, 0.2) is 0 Å². The van der Waals surface area contributed by atoms with Gasteiger partial charge in [-0.05, 0) is 36.8 Å². The monoisotopic (exact) mass is 380 g/mol. The Bertz CT molecular complexity index is 770. The molecule has 3 rings (SSSR count). The molecular weight excluding hydrogens is 358 g/mol. The van der Waals surface area contributed by atoms with Crippen LogP contribution in [0.2, 0.25) is 0 Å². The first-order valence-electron chi connectivity index (χ1n) is 8.98. The number of nitrogens with zero attached hydrogens (tertiary/aromatic N) is 2. The second-order valence-electron chi connectivity index (χ2n) is 7.33. The fourth-order valence-corrected chi connectivity index (χ4v) is 3.68. The summed E-state index contributed by atoms with van der Waals surface area (Å²) >= 11 is 0. The molecule has 0 aromatic heterocycles. The number of amides is 2. The van der Waals surface area contributed by atoms with Gasteiger partial charge in [0, 0.05) is 32.1 Å². The van der Waals surface area contributed by atoms with Gasteiger partial charge in [0.1, 0.15) is 11.6 Å². The van der Waals surface area contributed by atoms with Crippen molar-refractivity contribution in [1.29, 1.82) is 0 Å². The zero-order valence-electron chi connectivity index (χ0n) is 15.0. The molecule has 3 unspecified atom stereocenters. The third kappa shape index (κ3) is 4.26. The maximum absolute atomic E-state index is 13.9. The minimum atomic E-state index is -0.918. The van der Waals surface area contributed by atoms with Gasteiger partial charge in [-0.25, -0.2) is 8.78 Å². The Balaban J connectivity index is 1.55. The van der Waals surface area contributed by atoms with Gasteiger partial charge in [0.05, 0.1) is 12.5 Å². The normalized spacial score (nSPS) is 24.4. The number of likely N-dealkylation sites (tertiary alicyclic amines) is 1. The second kappa shape index (κ2) is 7.62. The molecule has 2 aliphatic rings. The second-order valence-corrected chi connectivity index (χ2v) is 7.33. The van der Waals surface area contributed by atoms with Crippen molar-refractivity contribution in [3.8, 4) is 0 Å². The average molecular weight is 380 g/mol. The van der Waals surface area contributed by atoms with Gasteiger partial charge in [-0.1, -0.05) is 6.07 Å². The lowest BCUT2D eigenvalue weighted by Crippen LogP contribution is -2.47. The highest BCUT2D eigenvalue weighted by atomic mass is 19.1. The van der Waals surface area contributed by atoms with Gasteiger partial charge < -0.3 is 14.9 Å². The van der Waals surface area contributed by atoms with Crippen LogP contribution in [-0.2, 0) is 14.4 Å². The molecule has 146 valence electrons. The highest BCUT2D eigenvalue weighted by Gasteiger charge is 2.46. The van der Waals surface area contributed by atoms with E-state index in [0.717, 1.165) is 6.07 Å². The molecule has 27 heavy (non-hydrogen) atoms. The number of carboxylic acids is 1. The van der Waals surface area contributed by atoms with Crippen molar-refractivity contribution in [2.45, 2.75) is 25.2 Å². The minimum Gasteiger partial charge on any atom is -0.481 e. The number of hydrogen-bond donors (Lipinski definition) is 1. The number of likely N-dealkylation sites (N-methyl/N-ethyl adjacent to an activating group) is 1. The highest BCUT2D eigenvalue weighted by Crippen LogP contribution is 2.49. The first-order chi connectivity index (χ1) is 12.8. The van der Waals surface area contributed by atoms with Crippen LogP contribution in [0, 0.1) is 23.5 Å². The Labute approximate surface area is 155 Å². The molecule has 1 aromatic rings. The van der Waals surface area contributed by atoms with E-state index in [9.17, 15) is 23.2 Å². The summed E-state index contributed by atoms with van der Waals surface area (Å²) < 4.78 is 26.9. The molecule has 1 aliphatic carbocycles. The number of benzene rings is 1. The zero-order valence-corrected chi connectivity index (χ0v) is 15.0. The van der Waals surface area contributed by atoms with Gasteiger partial charge in [-0.2, -0.15) is 0 Å². The molecule has 0 spiro atoms. The largest absolute Gasteiger partial charge is 0.481 e. The van der Waals surface area contributed by atoms with Crippen molar-refractivity contribution in [1.82, 2.24) is 9.80 Å². The molecule has 1 N–H and O–H groups in total. The van der Waals surface area contributed by atoms with E-state index in [1.807, 2.05) is 0 Å². The lowest BCUT2D eigenvalue weighted by Gasteiger charge is -2.32. The van der Waals surface area contributed by atoms with Crippen molar-refractivity contribution in [3.63, 3.8) is 0 Å². The summed E-state index contributed by atoms with van der Waals surface area (Å²) in [5.41, 5.74) is 0.315. The number of halogens is 2. The summed E-state index contributed by atoms with van der Waals surface area (Å²) in [6, 6.07) is 3.33. The van der Waals surface area contributed by atoms with Crippen LogP contribution in [0.5, 0.6) is 0 Å². The number of carboxylic acid groups (broad SMARTS) is 1. The molecule has 1 aromatic carbocycles. The van der Waals surface area contributed by atoms with Gasteiger partial charge >= 0.3 is 5.97 Å². The van der Waals surface area contributed by atoms with Crippen LogP contribution in [-0.4, -0.2) is 59.4 Å². The predicted molar refractivity (Wildman–Crippen MR) is 91.8 cm³/mol. The average Bonchev–Trinajstić information content (AvgIpc) is 3.41. The summed E-state index contributed by atoms with van der Waals surface area (Å²) in [7, 11) is 1.51. The molecule has 0 bridgehead atoms. The summed E-state index contributed by atoms with van der Waals surface area (Å²) in [5.74, 6) is -4.09. The van der Waals surface area contributed by atoms with Crippen LogP contribution in [0.1, 0.15) is 30.7 Å². The fraction of sp³-hybridized carbons (Fsp3) is 0.526. The van der Waals surface area contributed by atoms with E-state index in [2.05, 4.69) is 0 Å². The van der Waals surface area contributed by atoms with Crippen LogP contribution in [0.15, 0.2) is 18.2 Å². The van der Waals surface area contributed by atoms with E-state index < -0.39 is 29.4 Å². The third-order valence-electron chi connectivity index (χ3n) is 5.34. The number of carbonyl (C=O) groups is 3. The number of hydrogen-bond acceptors (Lipinski definition) is 3. The minimum absolute atomic E-state index is 0.139. The van der Waals surface area contributed by atoms with Gasteiger partial charge in [0.2, 0.25) is 11.8 Å². The summed E-state index contributed by atoms with van der Waals surface area (Å²) in [4.78, 5) is 38.8. The lowest BCUT2D eigenvalue weighted by atomic mass is 9.98. The quantitative estimate of drug-likeness (QED) is 0.846. The number of aliphatic carboxylic acids is 1. The highest BCUT2D eigenvalue weighted by molar-refractivity contribution is 5.88. The smallest absolute Gasteiger partial charge is 0.308 e. The van der Waals surface area contributed by atoms with Crippen molar-refractivity contribution in [2.75, 3.05) is 26.7 Å². The van der Waals surface area contributed by atoms with Crippen LogP contribution < -0.4 is 0 Å². The Morgan fingerprint density at radius 3 is 2.70 bits per heavy atom. The third-order valence-corrected chi connectivity index (χ3v) is 5.34. The van der Waals surface area contributed by atoms with Gasteiger partial charge in [0.25, 0.3) is 0 Å². The Morgan fingerprint density at radius 1 is 1.30 bits per heavy atom. The van der Waals surface area contributed by atoms with Gasteiger partial charge in [-0.3, -0.25) is 14.4 Å². The van der Waals surface area contributed by atoms with Crippen molar-refractivity contribution >= 4 is 17.8 Å². The summed E-state index contributed by atoms with van der Waals surface area (Å²) in [6.07, 6.45) is 1.63. The lowest BCUT2D eigenvalue weighted by molar-refractivity contribution is -0.147. The SMILES string of the molecule is CN(CC(=O)N1CCCC(C(=O)O)C1)C(=O)C1CC1c1ccc(F)cc1F. The molecule has 2 amide bonds. The van der Waals surface area contributed by atoms with Crippen molar-refractivity contribution in [2.24, 2.45) is 11.8 Å². The Hall–Kier alpha value is -2.51. The summed E-state index contributed by atoms with van der Waals surface area (Å²) in [5, 5.41) is 9.11. The van der Waals surface area contributed by atoms with Gasteiger partial charge in [-0.15, -0.1) is 0 Å². The molecule has 8 heteroatoms. The maximum Gasteiger partial charge on any atom is 0.308 e. The predicted octanol–water partition coefficient (Wildman–Crippen LogP) is 1.85. The topological polar surface area (TPSA) is 77.9 Å². The van der Waals surface area contributed by atoms with E-state index >= 15 is 0 Å².